The first-order valence-electron chi connectivity index (χ1n) is 6.08. The zero-order chi connectivity index (χ0) is 10.9. The first-order valence-corrected chi connectivity index (χ1v) is 6.08. The number of rotatable bonds is 6. The Labute approximate surface area is 94.0 Å². The van der Waals surface area contributed by atoms with Crippen molar-refractivity contribution in [3.05, 3.63) is 48.0 Å². The van der Waals surface area contributed by atoms with Crippen molar-refractivity contribution in [3.8, 4) is 0 Å². The molecule has 0 saturated carbocycles. The Morgan fingerprint density at radius 2 is 1.80 bits per heavy atom. The van der Waals surface area contributed by atoms with Gasteiger partial charge in [-0.2, -0.15) is 0 Å². The maximum absolute atomic E-state index is 2.31. The Morgan fingerprint density at radius 3 is 2.40 bits per heavy atom. The lowest BCUT2D eigenvalue weighted by Gasteiger charge is -2.13. The summed E-state index contributed by atoms with van der Waals surface area (Å²) in [4.78, 5) is 0. The van der Waals surface area contributed by atoms with Crippen molar-refractivity contribution < 1.29 is 0 Å². The molecule has 0 amide bonds. The van der Waals surface area contributed by atoms with E-state index in [2.05, 4.69) is 56.3 Å². The molecule has 0 aliphatic heterocycles. The molecule has 1 rings (SSSR count). The van der Waals surface area contributed by atoms with Gasteiger partial charge >= 0.3 is 0 Å². The molecule has 0 radical (unpaired) electrons. The molecule has 0 spiro atoms. The van der Waals surface area contributed by atoms with E-state index in [9.17, 15) is 0 Å². The monoisotopic (exact) mass is 202 g/mol. The summed E-state index contributed by atoms with van der Waals surface area (Å²) in [6, 6.07) is 10.9. The Bertz CT molecular complexity index is 271. The van der Waals surface area contributed by atoms with E-state index in [0.29, 0.717) is 0 Å². The van der Waals surface area contributed by atoms with Crippen molar-refractivity contribution in [2.45, 2.75) is 45.4 Å². The minimum absolute atomic E-state index is 0.729. The van der Waals surface area contributed by atoms with Gasteiger partial charge in [0.2, 0.25) is 0 Å². The topological polar surface area (TPSA) is 0 Å². The third kappa shape index (κ3) is 4.33. The van der Waals surface area contributed by atoms with Gasteiger partial charge in [0, 0.05) is 0 Å². The van der Waals surface area contributed by atoms with Crippen LogP contribution in [-0.4, -0.2) is 0 Å². The zero-order valence-corrected chi connectivity index (χ0v) is 9.95. The van der Waals surface area contributed by atoms with Gasteiger partial charge in [-0.3, -0.25) is 0 Å². The van der Waals surface area contributed by atoms with E-state index < -0.39 is 0 Å². The fraction of sp³-hybridized carbons (Fsp3) is 0.467. The molecule has 0 bridgehead atoms. The highest BCUT2D eigenvalue weighted by atomic mass is 14.1. The van der Waals surface area contributed by atoms with Gasteiger partial charge in [0.25, 0.3) is 0 Å². The molecule has 0 aliphatic rings. The molecule has 0 N–H and O–H groups in total. The number of benzene rings is 1. The largest absolute Gasteiger partial charge is 0.0888 e. The molecule has 82 valence electrons. The summed E-state index contributed by atoms with van der Waals surface area (Å²) in [7, 11) is 0. The first-order chi connectivity index (χ1) is 7.38. The molecule has 0 heterocycles. The second-order valence-corrected chi connectivity index (χ2v) is 3.97. The summed E-state index contributed by atoms with van der Waals surface area (Å²) >= 11 is 0. The molecular formula is C15H22. The second-order valence-electron chi connectivity index (χ2n) is 3.97. The van der Waals surface area contributed by atoms with E-state index in [0.717, 1.165) is 12.3 Å². The van der Waals surface area contributed by atoms with E-state index in [1.165, 1.54) is 24.8 Å². The van der Waals surface area contributed by atoms with Crippen LogP contribution in [0.3, 0.4) is 0 Å². The molecule has 1 aromatic carbocycles. The minimum atomic E-state index is 0.729. The quantitative estimate of drug-likeness (QED) is 0.574. The molecule has 0 heteroatoms. The third-order valence-corrected chi connectivity index (χ3v) is 2.85. The average molecular weight is 202 g/mol. The van der Waals surface area contributed by atoms with Gasteiger partial charge in [-0.25, -0.2) is 0 Å². The lowest BCUT2D eigenvalue weighted by atomic mass is 9.92. The Balaban J connectivity index is 2.46. The molecule has 0 aliphatic carbocycles. The number of allylic oxidation sites excluding steroid dienone is 2. The molecule has 15 heavy (non-hydrogen) atoms. The molecule has 0 aromatic heterocycles. The van der Waals surface area contributed by atoms with E-state index in [1.54, 1.807) is 0 Å². The van der Waals surface area contributed by atoms with Crippen LogP contribution >= 0.6 is 0 Å². The van der Waals surface area contributed by atoms with Gasteiger partial charge in [-0.1, -0.05) is 56.3 Å². The van der Waals surface area contributed by atoms with Crippen molar-refractivity contribution in [2.24, 2.45) is 0 Å². The van der Waals surface area contributed by atoms with Crippen LogP contribution < -0.4 is 0 Å². The van der Waals surface area contributed by atoms with Crippen LogP contribution in [0, 0.1) is 0 Å². The summed E-state index contributed by atoms with van der Waals surface area (Å²) in [6.45, 7) is 4.46. The second kappa shape index (κ2) is 7.28. The van der Waals surface area contributed by atoms with Crippen LogP contribution in [0.5, 0.6) is 0 Å². The predicted octanol–water partition coefficient (Wildman–Crippen LogP) is 4.93. The van der Waals surface area contributed by atoms with Crippen molar-refractivity contribution >= 4 is 0 Å². The fourth-order valence-electron chi connectivity index (χ4n) is 1.91. The maximum atomic E-state index is 2.31. The van der Waals surface area contributed by atoms with Crippen LogP contribution in [0.15, 0.2) is 42.5 Å². The third-order valence-electron chi connectivity index (χ3n) is 2.85. The van der Waals surface area contributed by atoms with Gasteiger partial charge in [0.15, 0.2) is 0 Å². The zero-order valence-electron chi connectivity index (χ0n) is 9.95. The maximum Gasteiger partial charge on any atom is -0.0162 e. The highest BCUT2D eigenvalue weighted by Crippen LogP contribution is 2.24. The Kier molecular flexibility index (Phi) is 5.84. The van der Waals surface area contributed by atoms with Gasteiger partial charge in [-0.05, 0) is 37.2 Å². The van der Waals surface area contributed by atoms with E-state index >= 15 is 0 Å². The Hall–Kier alpha value is -1.04. The highest BCUT2D eigenvalue weighted by molar-refractivity contribution is 5.19. The smallest absolute Gasteiger partial charge is 0.0162 e. The normalized spacial score (nSPS) is 13.2. The van der Waals surface area contributed by atoms with Crippen LogP contribution in [0.2, 0.25) is 0 Å². The number of hydrogen-bond donors (Lipinski definition) is 0. The molecule has 0 saturated heterocycles. The van der Waals surface area contributed by atoms with Crippen LogP contribution in [0.4, 0.5) is 0 Å². The number of hydrogen-bond acceptors (Lipinski definition) is 0. The summed E-state index contributed by atoms with van der Waals surface area (Å²) < 4.78 is 0. The van der Waals surface area contributed by atoms with Crippen molar-refractivity contribution in [1.29, 1.82) is 0 Å². The SMILES string of the molecule is CC/C=C/CCC(CC)c1ccccc1. The average Bonchev–Trinajstić information content (AvgIpc) is 2.30. The molecule has 1 atom stereocenters. The predicted molar refractivity (Wildman–Crippen MR) is 68.1 cm³/mol. The summed E-state index contributed by atoms with van der Waals surface area (Å²) in [6.07, 6.45) is 9.45. The van der Waals surface area contributed by atoms with Gasteiger partial charge < -0.3 is 0 Å². The minimum Gasteiger partial charge on any atom is -0.0888 e. The molecule has 1 unspecified atom stereocenters. The molecule has 1 aromatic rings. The van der Waals surface area contributed by atoms with Gasteiger partial charge in [-0.15, -0.1) is 0 Å². The lowest BCUT2D eigenvalue weighted by molar-refractivity contribution is 0.613. The summed E-state index contributed by atoms with van der Waals surface area (Å²) in [5.74, 6) is 0.729. The molecule has 0 fully saturated rings. The summed E-state index contributed by atoms with van der Waals surface area (Å²) in [5, 5.41) is 0. The van der Waals surface area contributed by atoms with E-state index in [-0.39, 0.29) is 0 Å². The van der Waals surface area contributed by atoms with E-state index in [4.69, 9.17) is 0 Å². The van der Waals surface area contributed by atoms with Crippen molar-refractivity contribution in [1.82, 2.24) is 0 Å². The first kappa shape index (κ1) is 12.0. The summed E-state index contributed by atoms with van der Waals surface area (Å²) in [5.41, 5.74) is 1.49. The lowest BCUT2D eigenvalue weighted by Crippen LogP contribution is -1.96. The van der Waals surface area contributed by atoms with Crippen LogP contribution in [-0.2, 0) is 0 Å². The van der Waals surface area contributed by atoms with Crippen molar-refractivity contribution in [3.63, 3.8) is 0 Å². The standard InChI is InChI=1S/C15H22/c1-3-5-6-8-11-14(4-2)15-12-9-7-10-13-15/h5-7,9-10,12-14H,3-4,8,11H2,1-2H3/b6-5+. The van der Waals surface area contributed by atoms with E-state index in [1.807, 2.05) is 0 Å². The highest BCUT2D eigenvalue weighted by Gasteiger charge is 2.06. The van der Waals surface area contributed by atoms with Gasteiger partial charge in [0.05, 0.1) is 0 Å². The van der Waals surface area contributed by atoms with Gasteiger partial charge in [0.1, 0.15) is 0 Å². The molecule has 0 nitrogen and oxygen atoms in total. The Morgan fingerprint density at radius 1 is 1.07 bits per heavy atom. The fourth-order valence-corrected chi connectivity index (χ4v) is 1.91. The van der Waals surface area contributed by atoms with Crippen LogP contribution in [0.25, 0.3) is 0 Å². The van der Waals surface area contributed by atoms with Crippen molar-refractivity contribution in [2.75, 3.05) is 0 Å². The molecular weight excluding hydrogens is 180 g/mol. The van der Waals surface area contributed by atoms with Crippen LogP contribution in [0.1, 0.15) is 51.0 Å².